The van der Waals surface area contributed by atoms with Gasteiger partial charge in [0.1, 0.15) is 5.82 Å². The second-order valence-corrected chi connectivity index (χ2v) is 4.77. The van der Waals surface area contributed by atoms with Gasteiger partial charge < -0.3 is 11.1 Å². The molecule has 0 fully saturated rings. The van der Waals surface area contributed by atoms with E-state index in [4.69, 9.17) is 5.73 Å². The van der Waals surface area contributed by atoms with E-state index in [1.165, 1.54) is 0 Å². The lowest BCUT2D eigenvalue weighted by Crippen LogP contribution is -2.09. The Morgan fingerprint density at radius 2 is 2.00 bits per heavy atom. The molecular formula is C11H14N4S. The first kappa shape index (κ1) is 10.9. The molecule has 0 atom stereocenters. The number of hydrogen-bond acceptors (Lipinski definition) is 5. The van der Waals surface area contributed by atoms with Crippen molar-refractivity contribution in [2.24, 2.45) is 0 Å². The van der Waals surface area contributed by atoms with Crippen LogP contribution in [0.15, 0.2) is 24.5 Å². The zero-order chi connectivity index (χ0) is 11.5. The fraction of sp³-hybridized carbons (Fsp3) is 0.273. The molecule has 2 heterocycles. The number of anilines is 2. The standard InChI is InChI=1S/C11H14N4S/c1-7(2)14-11-15-10(12)9(16-11)8-3-5-13-6-4-8/h3-7H,12H2,1-2H3,(H,14,15). The molecule has 4 nitrogen and oxygen atoms in total. The Bertz CT molecular complexity index is 464. The molecule has 0 spiro atoms. The topological polar surface area (TPSA) is 63.8 Å². The predicted molar refractivity (Wildman–Crippen MR) is 68.5 cm³/mol. The van der Waals surface area contributed by atoms with Crippen LogP contribution in [0, 0.1) is 0 Å². The highest BCUT2D eigenvalue weighted by Crippen LogP contribution is 2.34. The van der Waals surface area contributed by atoms with Gasteiger partial charge in [-0.15, -0.1) is 0 Å². The fourth-order valence-corrected chi connectivity index (χ4v) is 2.39. The van der Waals surface area contributed by atoms with Crippen LogP contribution >= 0.6 is 11.3 Å². The normalized spacial score (nSPS) is 10.7. The summed E-state index contributed by atoms with van der Waals surface area (Å²) in [5, 5.41) is 4.11. The van der Waals surface area contributed by atoms with E-state index in [1.54, 1.807) is 23.7 Å². The van der Waals surface area contributed by atoms with Gasteiger partial charge in [0.2, 0.25) is 0 Å². The lowest BCUT2D eigenvalue weighted by atomic mass is 10.2. The van der Waals surface area contributed by atoms with E-state index in [1.807, 2.05) is 12.1 Å². The first-order valence-electron chi connectivity index (χ1n) is 5.10. The average molecular weight is 234 g/mol. The molecule has 0 aliphatic rings. The van der Waals surface area contributed by atoms with Crippen molar-refractivity contribution in [1.29, 1.82) is 0 Å². The third kappa shape index (κ3) is 2.30. The average Bonchev–Trinajstić information content (AvgIpc) is 2.60. The molecule has 0 aliphatic carbocycles. The number of rotatable bonds is 3. The summed E-state index contributed by atoms with van der Waals surface area (Å²) in [5.74, 6) is 0.569. The van der Waals surface area contributed by atoms with Gasteiger partial charge in [-0.1, -0.05) is 11.3 Å². The summed E-state index contributed by atoms with van der Waals surface area (Å²) in [5.41, 5.74) is 6.95. The smallest absolute Gasteiger partial charge is 0.185 e. The monoisotopic (exact) mass is 234 g/mol. The largest absolute Gasteiger partial charge is 0.382 e. The van der Waals surface area contributed by atoms with E-state index < -0.39 is 0 Å². The highest BCUT2D eigenvalue weighted by atomic mass is 32.1. The summed E-state index contributed by atoms with van der Waals surface area (Å²) in [4.78, 5) is 9.27. The summed E-state index contributed by atoms with van der Waals surface area (Å²) in [6.07, 6.45) is 3.51. The van der Waals surface area contributed by atoms with Gasteiger partial charge in [-0.25, -0.2) is 4.98 Å². The van der Waals surface area contributed by atoms with Crippen molar-refractivity contribution in [2.75, 3.05) is 11.1 Å². The Balaban J connectivity index is 2.32. The fourth-order valence-electron chi connectivity index (χ4n) is 1.35. The van der Waals surface area contributed by atoms with Gasteiger partial charge in [0.05, 0.1) is 4.88 Å². The maximum absolute atomic E-state index is 5.89. The molecule has 16 heavy (non-hydrogen) atoms. The van der Waals surface area contributed by atoms with Gasteiger partial charge >= 0.3 is 0 Å². The maximum Gasteiger partial charge on any atom is 0.185 e. The molecule has 84 valence electrons. The molecule has 2 rings (SSSR count). The van der Waals surface area contributed by atoms with Crippen LogP contribution in [0.1, 0.15) is 13.8 Å². The van der Waals surface area contributed by atoms with Crippen LogP contribution < -0.4 is 11.1 Å². The quantitative estimate of drug-likeness (QED) is 0.856. The Kier molecular flexibility index (Phi) is 3.05. The molecule has 0 aromatic carbocycles. The van der Waals surface area contributed by atoms with Crippen molar-refractivity contribution in [3.8, 4) is 10.4 Å². The number of hydrogen-bond donors (Lipinski definition) is 2. The molecule has 5 heteroatoms. The van der Waals surface area contributed by atoms with Crippen molar-refractivity contribution in [1.82, 2.24) is 9.97 Å². The lowest BCUT2D eigenvalue weighted by Gasteiger charge is -2.03. The van der Waals surface area contributed by atoms with Crippen LogP contribution in [0.4, 0.5) is 10.9 Å². The van der Waals surface area contributed by atoms with Gasteiger partial charge in [0.15, 0.2) is 5.13 Å². The maximum atomic E-state index is 5.89. The van der Waals surface area contributed by atoms with Gasteiger partial charge in [-0.05, 0) is 31.5 Å². The number of pyridine rings is 1. The third-order valence-corrected chi connectivity index (χ3v) is 3.06. The summed E-state index contributed by atoms with van der Waals surface area (Å²) >= 11 is 1.57. The van der Waals surface area contributed by atoms with E-state index in [9.17, 15) is 0 Å². The number of nitrogens with one attached hydrogen (secondary N) is 1. The number of thiazole rings is 1. The lowest BCUT2D eigenvalue weighted by molar-refractivity contribution is 0.897. The highest BCUT2D eigenvalue weighted by molar-refractivity contribution is 7.19. The molecule has 0 bridgehead atoms. The van der Waals surface area contributed by atoms with Gasteiger partial charge in [-0.3, -0.25) is 4.98 Å². The van der Waals surface area contributed by atoms with Gasteiger partial charge in [0, 0.05) is 18.4 Å². The molecule has 2 aromatic heterocycles. The minimum atomic E-state index is 0.357. The molecule has 0 saturated heterocycles. The van der Waals surface area contributed by atoms with Crippen molar-refractivity contribution < 1.29 is 0 Å². The Labute approximate surface area is 98.6 Å². The molecule has 0 amide bonds. The molecule has 2 aromatic rings. The zero-order valence-corrected chi connectivity index (χ0v) is 10.1. The highest BCUT2D eigenvalue weighted by Gasteiger charge is 2.10. The van der Waals surface area contributed by atoms with Crippen molar-refractivity contribution in [3.63, 3.8) is 0 Å². The molecular weight excluding hydrogens is 220 g/mol. The zero-order valence-electron chi connectivity index (χ0n) is 9.27. The number of nitrogens with two attached hydrogens (primary N) is 1. The van der Waals surface area contributed by atoms with Crippen molar-refractivity contribution in [2.45, 2.75) is 19.9 Å². The van der Waals surface area contributed by atoms with Gasteiger partial charge in [0.25, 0.3) is 0 Å². The van der Waals surface area contributed by atoms with Crippen molar-refractivity contribution in [3.05, 3.63) is 24.5 Å². The molecule has 0 saturated carbocycles. The second kappa shape index (κ2) is 4.49. The molecule has 0 aliphatic heterocycles. The second-order valence-electron chi connectivity index (χ2n) is 3.77. The summed E-state index contributed by atoms with van der Waals surface area (Å²) < 4.78 is 0. The van der Waals surface area contributed by atoms with Crippen LogP contribution in [-0.2, 0) is 0 Å². The van der Waals surface area contributed by atoms with E-state index in [0.717, 1.165) is 15.6 Å². The Morgan fingerprint density at radius 3 is 2.62 bits per heavy atom. The summed E-state index contributed by atoms with van der Waals surface area (Å²) in [6.45, 7) is 4.15. The van der Waals surface area contributed by atoms with E-state index >= 15 is 0 Å². The molecule has 0 unspecified atom stereocenters. The van der Waals surface area contributed by atoms with Crippen LogP contribution in [0.3, 0.4) is 0 Å². The SMILES string of the molecule is CC(C)Nc1nc(N)c(-c2ccncc2)s1. The summed E-state index contributed by atoms with van der Waals surface area (Å²) in [6, 6.07) is 4.22. The van der Waals surface area contributed by atoms with Crippen LogP contribution in [-0.4, -0.2) is 16.0 Å². The third-order valence-electron chi connectivity index (χ3n) is 2.01. The van der Waals surface area contributed by atoms with Crippen molar-refractivity contribution >= 4 is 22.3 Å². The number of nitrogen functional groups attached to an aromatic ring is 1. The Hall–Kier alpha value is -1.62. The number of nitrogens with zero attached hydrogens (tertiary/aromatic N) is 2. The van der Waals surface area contributed by atoms with Gasteiger partial charge in [-0.2, -0.15) is 0 Å². The van der Waals surface area contributed by atoms with Crippen LogP contribution in [0.5, 0.6) is 0 Å². The number of aromatic nitrogens is 2. The first-order chi connectivity index (χ1) is 7.66. The minimum Gasteiger partial charge on any atom is -0.382 e. The van der Waals surface area contributed by atoms with E-state index in [-0.39, 0.29) is 0 Å². The Morgan fingerprint density at radius 1 is 1.31 bits per heavy atom. The van der Waals surface area contributed by atoms with Crippen LogP contribution in [0.2, 0.25) is 0 Å². The molecule has 3 N–H and O–H groups in total. The first-order valence-corrected chi connectivity index (χ1v) is 5.91. The van der Waals surface area contributed by atoms with Crippen LogP contribution in [0.25, 0.3) is 10.4 Å². The van der Waals surface area contributed by atoms with E-state index in [0.29, 0.717) is 11.9 Å². The minimum absolute atomic E-state index is 0.357. The molecule has 0 radical (unpaired) electrons. The van der Waals surface area contributed by atoms with E-state index in [2.05, 4.69) is 29.1 Å². The summed E-state index contributed by atoms with van der Waals surface area (Å²) in [7, 11) is 0. The predicted octanol–water partition coefficient (Wildman–Crippen LogP) is 2.61.